The van der Waals surface area contributed by atoms with Gasteiger partial charge in [-0.25, -0.2) is 0 Å². The first kappa shape index (κ1) is 4.46. The summed E-state index contributed by atoms with van der Waals surface area (Å²) in [5.41, 5.74) is 0. The minimum atomic E-state index is 1.46. The van der Waals surface area contributed by atoms with Gasteiger partial charge in [0.15, 0.2) is 0 Å². The molecule has 1 heterocycles. The summed E-state index contributed by atoms with van der Waals surface area (Å²) in [5.74, 6) is 0. The number of rotatable bonds is 0. The van der Waals surface area contributed by atoms with Gasteiger partial charge in [-0.2, -0.15) is 5.10 Å². The maximum Gasteiger partial charge on any atom is 0.304 e. The first-order valence-corrected chi connectivity index (χ1v) is 2.32. The Kier molecular flexibility index (Phi) is 1.17. The smallest absolute Gasteiger partial charge is 0.154 e. The van der Waals surface area contributed by atoms with Gasteiger partial charge in [0, 0.05) is 6.07 Å². The van der Waals surface area contributed by atoms with Crippen molar-refractivity contribution in [2.45, 2.75) is 0 Å². The molecule has 0 spiro atoms. The predicted octanol–water partition coefficient (Wildman–Crippen LogP) is 0.544. The molecular formula is C4H5N2S+. The molecule has 7 heavy (non-hydrogen) atoms. The van der Waals surface area contributed by atoms with Crippen LogP contribution in [0.5, 0.6) is 0 Å². The van der Waals surface area contributed by atoms with Crippen LogP contribution in [0.25, 0.3) is 0 Å². The fourth-order valence-electron chi connectivity index (χ4n) is 0.343. The summed E-state index contributed by atoms with van der Waals surface area (Å²) in [5, 5.41) is 2.76. The van der Waals surface area contributed by atoms with Gasteiger partial charge in [0.1, 0.15) is 0 Å². The van der Waals surface area contributed by atoms with E-state index in [0.717, 1.165) is 0 Å². The Morgan fingerprint density at radius 3 is 2.57 bits per heavy atom. The van der Waals surface area contributed by atoms with E-state index in [9.17, 15) is 0 Å². The maximum absolute atomic E-state index is 4.67. The van der Waals surface area contributed by atoms with Gasteiger partial charge in [-0.05, 0) is 9.79 Å². The van der Waals surface area contributed by atoms with Crippen LogP contribution < -0.4 is 3.73 Å². The predicted molar refractivity (Wildman–Crippen MR) is 28.4 cm³/mol. The molecular weight excluding hydrogens is 108 g/mol. The Balaban J connectivity index is 3.28. The summed E-state index contributed by atoms with van der Waals surface area (Å²) < 4.78 is 1.46. The van der Waals surface area contributed by atoms with Crippen molar-refractivity contribution < 1.29 is 3.73 Å². The number of hydrogen-bond donors (Lipinski definition) is 1. The molecule has 0 saturated heterocycles. The second-order valence-electron chi connectivity index (χ2n) is 1.16. The minimum absolute atomic E-state index is 1.46. The number of aromatic nitrogens is 2. The zero-order valence-electron chi connectivity index (χ0n) is 3.66. The van der Waals surface area contributed by atoms with Crippen molar-refractivity contribution in [1.29, 1.82) is 0 Å². The summed E-state index contributed by atoms with van der Waals surface area (Å²) >= 11 is 4.67. The van der Waals surface area contributed by atoms with Crippen LogP contribution in [0.15, 0.2) is 24.5 Å². The molecule has 2 nitrogen and oxygen atoms in total. The van der Waals surface area contributed by atoms with Crippen LogP contribution in [0.1, 0.15) is 0 Å². The molecule has 0 saturated carbocycles. The molecule has 0 radical (unpaired) electrons. The summed E-state index contributed by atoms with van der Waals surface area (Å²) in [6.45, 7) is 0. The van der Waals surface area contributed by atoms with Crippen molar-refractivity contribution in [3.05, 3.63) is 24.5 Å². The number of nitrogens with one attached hydrogen (secondary N) is 1. The third-order valence-corrected chi connectivity index (χ3v) is 0.858. The third-order valence-electron chi connectivity index (χ3n) is 0.631. The van der Waals surface area contributed by atoms with Crippen molar-refractivity contribution >= 4 is 12.4 Å². The topological polar surface area (TPSA) is 21.7 Å². The zero-order chi connectivity index (χ0) is 5.11. The van der Waals surface area contributed by atoms with Crippen molar-refractivity contribution in [2.24, 2.45) is 0 Å². The molecule has 0 bridgehead atoms. The monoisotopic (exact) mass is 113 g/mol. The molecule has 1 rings (SSSR count). The van der Waals surface area contributed by atoms with Crippen LogP contribution in [-0.2, 0) is 0 Å². The van der Waals surface area contributed by atoms with E-state index in [2.05, 4.69) is 17.5 Å². The van der Waals surface area contributed by atoms with Crippen LogP contribution in [-0.4, -0.2) is 5.10 Å². The zero-order valence-corrected chi connectivity index (χ0v) is 4.48. The third kappa shape index (κ3) is 1.08. The van der Waals surface area contributed by atoms with Gasteiger partial charge in [0.2, 0.25) is 6.20 Å². The average Bonchev–Trinajstić information content (AvgIpc) is 1.69. The highest BCUT2D eigenvalue weighted by Gasteiger charge is 1.73. The van der Waals surface area contributed by atoms with E-state index in [1.54, 1.807) is 12.4 Å². The molecule has 0 aliphatic heterocycles. The number of hydrogen-bond acceptors (Lipinski definition) is 1. The fraction of sp³-hybridized carbons (Fsp3) is 0. The van der Waals surface area contributed by atoms with Gasteiger partial charge in [-0.3, -0.25) is 0 Å². The van der Waals surface area contributed by atoms with Crippen LogP contribution in [0.4, 0.5) is 0 Å². The summed E-state index contributed by atoms with van der Waals surface area (Å²) in [4.78, 5) is 0. The van der Waals surface area contributed by atoms with E-state index >= 15 is 0 Å². The molecule has 1 aromatic heterocycles. The molecule has 3 heteroatoms. The fourth-order valence-corrected chi connectivity index (χ4v) is 0.474. The quantitative estimate of drug-likeness (QED) is 0.487. The largest absolute Gasteiger partial charge is 0.304 e. The van der Waals surface area contributed by atoms with Gasteiger partial charge < -0.3 is 0 Å². The SMILES string of the molecule is S=[n+]1cccc[nH]1. The van der Waals surface area contributed by atoms with Crippen molar-refractivity contribution in [1.82, 2.24) is 5.10 Å². The van der Waals surface area contributed by atoms with Gasteiger partial charge in [-0.1, -0.05) is 0 Å². The molecule has 0 aliphatic carbocycles. The molecule has 0 amide bonds. The van der Waals surface area contributed by atoms with Crippen LogP contribution >= 0.6 is 12.4 Å². The minimum Gasteiger partial charge on any atom is -0.154 e. The average molecular weight is 113 g/mol. The van der Waals surface area contributed by atoms with E-state index < -0.39 is 0 Å². The Bertz CT molecular complexity index is 175. The lowest BCUT2D eigenvalue weighted by Gasteiger charge is -1.67. The Hall–Kier alpha value is -0.700. The van der Waals surface area contributed by atoms with Gasteiger partial charge in [-0.15, -0.1) is 0 Å². The highest BCUT2D eigenvalue weighted by molar-refractivity contribution is 7.66. The summed E-state index contributed by atoms with van der Waals surface area (Å²) in [6.07, 6.45) is 3.53. The normalized spacial score (nSPS) is 8.57. The molecule has 0 aromatic carbocycles. The second-order valence-corrected chi connectivity index (χ2v) is 1.55. The molecule has 0 aliphatic rings. The highest BCUT2D eigenvalue weighted by atomic mass is 32.1. The highest BCUT2D eigenvalue weighted by Crippen LogP contribution is 1.66. The lowest BCUT2D eigenvalue weighted by molar-refractivity contribution is -0.508. The molecule has 0 unspecified atom stereocenters. The van der Waals surface area contributed by atoms with E-state index in [1.165, 1.54) is 3.73 Å². The first-order chi connectivity index (χ1) is 3.39. The molecule has 0 atom stereocenters. The van der Waals surface area contributed by atoms with Crippen LogP contribution in [0, 0.1) is 0 Å². The summed E-state index contributed by atoms with van der Waals surface area (Å²) in [6, 6.07) is 3.74. The lowest BCUT2D eigenvalue weighted by atomic mass is 10.6. The van der Waals surface area contributed by atoms with Gasteiger partial charge in [0.25, 0.3) is 0 Å². The van der Waals surface area contributed by atoms with E-state index in [1.807, 2.05) is 12.1 Å². The number of aromatic amines is 1. The Labute approximate surface area is 46.6 Å². The van der Waals surface area contributed by atoms with E-state index in [0.29, 0.717) is 0 Å². The van der Waals surface area contributed by atoms with Crippen LogP contribution in [0.2, 0.25) is 0 Å². The first-order valence-electron chi connectivity index (χ1n) is 1.95. The molecule has 0 fully saturated rings. The van der Waals surface area contributed by atoms with Gasteiger partial charge in [0.05, 0.1) is 6.20 Å². The van der Waals surface area contributed by atoms with E-state index in [4.69, 9.17) is 0 Å². The molecule has 1 aromatic rings. The standard InChI is InChI=1S/C4H5N2S/c7-6-4-2-1-3-5-6/h1-4H,(H,5,7)/q+1. The summed E-state index contributed by atoms with van der Waals surface area (Å²) in [7, 11) is 0. The Morgan fingerprint density at radius 2 is 2.29 bits per heavy atom. The van der Waals surface area contributed by atoms with Crippen molar-refractivity contribution in [3.8, 4) is 0 Å². The Morgan fingerprint density at radius 1 is 1.43 bits per heavy atom. The van der Waals surface area contributed by atoms with Crippen molar-refractivity contribution in [3.63, 3.8) is 0 Å². The molecule has 36 valence electrons. The van der Waals surface area contributed by atoms with Crippen molar-refractivity contribution in [2.75, 3.05) is 0 Å². The molecule has 1 N–H and O–H groups in total. The maximum atomic E-state index is 4.67. The lowest BCUT2D eigenvalue weighted by Crippen LogP contribution is -2.12. The van der Waals surface area contributed by atoms with Gasteiger partial charge >= 0.3 is 12.4 Å². The number of H-pyrrole nitrogens is 1. The second kappa shape index (κ2) is 1.84. The van der Waals surface area contributed by atoms with Crippen LogP contribution in [0.3, 0.4) is 0 Å². The van der Waals surface area contributed by atoms with E-state index in [-0.39, 0.29) is 0 Å². The number of nitrogens with zero attached hydrogens (tertiary/aromatic N) is 1.